The van der Waals surface area contributed by atoms with Crippen molar-refractivity contribution in [3.63, 3.8) is 0 Å². The molecule has 0 fully saturated rings. The highest BCUT2D eigenvalue weighted by Crippen LogP contribution is 2.22. The summed E-state index contributed by atoms with van der Waals surface area (Å²) in [6.45, 7) is 1.53. The molecule has 0 atom stereocenters. The summed E-state index contributed by atoms with van der Waals surface area (Å²) in [6.07, 6.45) is -2.83. The Morgan fingerprint density at radius 1 is 1.03 bits per heavy atom. The maximum Gasteiger partial charge on any atom is 0.295 e. The number of hydrogen-bond donors (Lipinski definition) is 2. The van der Waals surface area contributed by atoms with Crippen LogP contribution in [0.25, 0.3) is 5.78 Å². The Bertz CT molecular complexity index is 1460. The SMILES string of the molecule is COc1ccc(NS(=O)(=O)c2ccc(NC(=O)c3nc4nc(C)cc(C(F)F)n4n3)cc2)cc1. The molecule has 2 aromatic heterocycles. The maximum atomic E-state index is 13.3. The largest absolute Gasteiger partial charge is 0.497 e. The van der Waals surface area contributed by atoms with Gasteiger partial charge in [-0.1, -0.05) is 0 Å². The molecular formula is C21H18F2N6O4S. The fourth-order valence-electron chi connectivity index (χ4n) is 3.04. The average Bonchev–Trinajstić information content (AvgIpc) is 3.23. The van der Waals surface area contributed by atoms with E-state index >= 15 is 0 Å². The number of alkyl halides is 2. The van der Waals surface area contributed by atoms with Crippen molar-refractivity contribution in [2.45, 2.75) is 18.2 Å². The van der Waals surface area contributed by atoms with Crippen molar-refractivity contribution >= 4 is 33.1 Å². The fourth-order valence-corrected chi connectivity index (χ4v) is 4.10. The Morgan fingerprint density at radius 2 is 1.68 bits per heavy atom. The van der Waals surface area contributed by atoms with Crippen molar-refractivity contribution in [1.82, 2.24) is 19.6 Å². The number of sulfonamides is 1. The zero-order valence-electron chi connectivity index (χ0n) is 17.9. The van der Waals surface area contributed by atoms with Crippen LogP contribution in [0.4, 0.5) is 20.2 Å². The van der Waals surface area contributed by atoms with Crippen molar-refractivity contribution in [3.05, 3.63) is 71.8 Å². The van der Waals surface area contributed by atoms with Crippen LogP contribution in [0.5, 0.6) is 5.75 Å². The Kier molecular flexibility index (Phi) is 6.11. The Labute approximate surface area is 192 Å². The van der Waals surface area contributed by atoms with E-state index in [1.807, 2.05) is 0 Å². The van der Waals surface area contributed by atoms with E-state index in [1.54, 1.807) is 24.3 Å². The number of aryl methyl sites for hydroxylation is 1. The van der Waals surface area contributed by atoms with Crippen molar-refractivity contribution in [1.29, 1.82) is 0 Å². The second kappa shape index (κ2) is 9.02. The lowest BCUT2D eigenvalue weighted by Gasteiger charge is -2.09. The summed E-state index contributed by atoms with van der Waals surface area (Å²) >= 11 is 0. The monoisotopic (exact) mass is 488 g/mol. The molecule has 10 nitrogen and oxygen atoms in total. The van der Waals surface area contributed by atoms with Gasteiger partial charge in [-0.15, -0.1) is 5.10 Å². The number of benzene rings is 2. The quantitative estimate of drug-likeness (QED) is 0.408. The summed E-state index contributed by atoms with van der Waals surface area (Å²) in [4.78, 5) is 20.4. The molecule has 1 amide bonds. The number of anilines is 2. The second-order valence-corrected chi connectivity index (χ2v) is 8.77. The Balaban J connectivity index is 1.50. The molecule has 4 rings (SSSR count). The highest BCUT2D eigenvalue weighted by molar-refractivity contribution is 7.92. The van der Waals surface area contributed by atoms with E-state index in [4.69, 9.17) is 4.74 Å². The molecule has 0 aliphatic heterocycles. The van der Waals surface area contributed by atoms with Gasteiger partial charge in [0, 0.05) is 17.1 Å². The van der Waals surface area contributed by atoms with Gasteiger partial charge in [-0.25, -0.2) is 22.2 Å². The molecule has 2 N–H and O–H groups in total. The normalized spacial score (nSPS) is 11.6. The Morgan fingerprint density at radius 3 is 2.29 bits per heavy atom. The topological polar surface area (TPSA) is 128 Å². The molecule has 0 aliphatic carbocycles. The molecule has 0 unspecified atom stereocenters. The van der Waals surface area contributed by atoms with Gasteiger partial charge in [-0.05, 0) is 61.5 Å². The Hall–Kier alpha value is -4.13. The van der Waals surface area contributed by atoms with E-state index in [2.05, 4.69) is 25.1 Å². The molecule has 4 aromatic rings. The van der Waals surface area contributed by atoms with Gasteiger partial charge in [0.2, 0.25) is 5.82 Å². The predicted octanol–water partition coefficient (Wildman–Crippen LogP) is 3.43. The van der Waals surface area contributed by atoms with E-state index < -0.39 is 28.0 Å². The summed E-state index contributed by atoms with van der Waals surface area (Å²) in [7, 11) is -2.37. The zero-order valence-corrected chi connectivity index (χ0v) is 18.7. The summed E-state index contributed by atoms with van der Waals surface area (Å²) in [5.74, 6) is -0.681. The van der Waals surface area contributed by atoms with Crippen LogP contribution < -0.4 is 14.8 Å². The van der Waals surface area contributed by atoms with Crippen LogP contribution in [0.1, 0.15) is 28.4 Å². The minimum Gasteiger partial charge on any atom is -0.497 e. The lowest BCUT2D eigenvalue weighted by atomic mass is 10.3. The number of amides is 1. The third-order valence-corrected chi connectivity index (χ3v) is 6.06. The first kappa shape index (κ1) is 23.0. The first-order valence-corrected chi connectivity index (χ1v) is 11.3. The molecule has 0 radical (unpaired) electrons. The van der Waals surface area contributed by atoms with Crippen LogP contribution in [0.15, 0.2) is 59.5 Å². The van der Waals surface area contributed by atoms with Crippen LogP contribution in [-0.4, -0.2) is 41.0 Å². The highest BCUT2D eigenvalue weighted by atomic mass is 32.2. The van der Waals surface area contributed by atoms with Crippen molar-refractivity contribution in [3.8, 4) is 5.75 Å². The molecule has 2 aromatic carbocycles. The van der Waals surface area contributed by atoms with Gasteiger partial charge in [0.1, 0.15) is 11.4 Å². The van der Waals surface area contributed by atoms with Crippen LogP contribution in [0.3, 0.4) is 0 Å². The first-order valence-electron chi connectivity index (χ1n) is 9.77. The summed E-state index contributed by atoms with van der Waals surface area (Å²) < 4.78 is 60.0. The first-order chi connectivity index (χ1) is 16.2. The lowest BCUT2D eigenvalue weighted by Crippen LogP contribution is -2.15. The average molecular weight is 488 g/mol. The molecule has 0 saturated carbocycles. The smallest absolute Gasteiger partial charge is 0.295 e. The number of aromatic nitrogens is 4. The maximum absolute atomic E-state index is 13.3. The minimum atomic E-state index is -3.88. The number of hydrogen-bond acceptors (Lipinski definition) is 7. The molecule has 176 valence electrons. The van der Waals surface area contributed by atoms with Gasteiger partial charge in [0.25, 0.3) is 28.1 Å². The third-order valence-electron chi connectivity index (χ3n) is 4.66. The van der Waals surface area contributed by atoms with E-state index in [0.717, 1.165) is 10.6 Å². The minimum absolute atomic E-state index is 0.0339. The van der Waals surface area contributed by atoms with Crippen LogP contribution in [0, 0.1) is 6.92 Å². The summed E-state index contributed by atoms with van der Waals surface area (Å²) in [5, 5.41) is 6.33. The van der Waals surface area contributed by atoms with Crippen LogP contribution >= 0.6 is 0 Å². The van der Waals surface area contributed by atoms with Crippen molar-refractivity contribution in [2.75, 3.05) is 17.1 Å². The van der Waals surface area contributed by atoms with Crippen LogP contribution in [-0.2, 0) is 10.0 Å². The summed E-state index contributed by atoms with van der Waals surface area (Å²) in [6, 6.07) is 12.9. The predicted molar refractivity (Wildman–Crippen MR) is 119 cm³/mol. The molecule has 13 heteroatoms. The number of rotatable bonds is 7. The standard InChI is InChI=1S/C21H18F2N6O4S/c1-12-11-17(18(22)23)29-21(24-12)26-19(27-29)20(30)25-13-5-9-16(10-6-13)34(31,32)28-14-3-7-15(33-2)8-4-14/h3-11,18,28H,1-2H3,(H,25,30). The molecule has 34 heavy (non-hydrogen) atoms. The zero-order chi connectivity index (χ0) is 24.5. The third kappa shape index (κ3) is 4.78. The number of ether oxygens (including phenoxy) is 1. The van der Waals surface area contributed by atoms with Gasteiger partial charge < -0.3 is 10.1 Å². The number of halogens is 2. The van der Waals surface area contributed by atoms with Crippen molar-refractivity contribution < 1.29 is 26.7 Å². The number of carbonyl (C=O) groups is 1. The number of methoxy groups -OCH3 is 1. The van der Waals surface area contributed by atoms with Gasteiger partial charge in [0.15, 0.2) is 0 Å². The number of nitrogens with zero attached hydrogens (tertiary/aromatic N) is 4. The van der Waals surface area contributed by atoms with Crippen molar-refractivity contribution in [2.24, 2.45) is 0 Å². The van der Waals surface area contributed by atoms with Crippen LogP contribution in [0.2, 0.25) is 0 Å². The molecule has 2 heterocycles. The number of nitrogens with one attached hydrogen (secondary N) is 2. The molecule has 0 aliphatic rings. The molecule has 0 spiro atoms. The molecule has 0 saturated heterocycles. The lowest BCUT2D eigenvalue weighted by molar-refractivity contribution is 0.101. The van der Waals surface area contributed by atoms with E-state index in [1.165, 1.54) is 38.3 Å². The van der Waals surface area contributed by atoms with Gasteiger partial charge in [-0.2, -0.15) is 9.50 Å². The number of carbonyl (C=O) groups excluding carboxylic acids is 1. The second-order valence-electron chi connectivity index (χ2n) is 7.08. The van der Waals surface area contributed by atoms with Gasteiger partial charge in [-0.3, -0.25) is 9.52 Å². The molecule has 0 bridgehead atoms. The number of fused-ring (bicyclic) bond motifs is 1. The fraction of sp³-hybridized carbons (Fsp3) is 0.143. The van der Waals surface area contributed by atoms with Gasteiger partial charge >= 0.3 is 0 Å². The van der Waals surface area contributed by atoms with E-state index in [-0.39, 0.29) is 22.2 Å². The summed E-state index contributed by atoms with van der Waals surface area (Å²) in [5.41, 5.74) is 0.476. The van der Waals surface area contributed by atoms with E-state index in [0.29, 0.717) is 17.1 Å². The van der Waals surface area contributed by atoms with Gasteiger partial charge in [0.05, 0.1) is 12.0 Å². The molecular weight excluding hydrogens is 470 g/mol. The van der Waals surface area contributed by atoms with E-state index in [9.17, 15) is 22.0 Å². The highest BCUT2D eigenvalue weighted by Gasteiger charge is 2.20.